The zero-order valence-corrected chi connectivity index (χ0v) is 14.5. The van der Waals surface area contributed by atoms with Gasteiger partial charge in [0, 0.05) is 12.6 Å². The van der Waals surface area contributed by atoms with Gasteiger partial charge in [-0.15, -0.1) is 0 Å². The Bertz CT molecular complexity index is 684. The van der Waals surface area contributed by atoms with Crippen LogP contribution in [0, 0.1) is 5.92 Å². The van der Waals surface area contributed by atoms with Gasteiger partial charge in [-0.2, -0.15) is 4.31 Å². The molecular weight excluding hydrogens is 318 g/mol. The van der Waals surface area contributed by atoms with Crippen LogP contribution in [-0.2, 0) is 21.2 Å². The number of sulfonamides is 1. The molecule has 1 unspecified atom stereocenters. The highest BCUT2D eigenvalue weighted by Gasteiger charge is 2.38. The normalized spacial score (nSPS) is 19.2. The van der Waals surface area contributed by atoms with E-state index in [9.17, 15) is 13.2 Å². The largest absolute Gasteiger partial charge is 0.495 e. The summed E-state index contributed by atoms with van der Waals surface area (Å²) in [7, 11) is -2.31. The lowest BCUT2D eigenvalue weighted by atomic mass is 10.0. The monoisotopic (exact) mass is 341 g/mol. The molecule has 7 heteroatoms. The zero-order valence-electron chi connectivity index (χ0n) is 13.7. The van der Waals surface area contributed by atoms with Gasteiger partial charge in [0.15, 0.2) is 0 Å². The molecule has 1 aliphatic heterocycles. The molecule has 1 aliphatic rings. The van der Waals surface area contributed by atoms with E-state index in [2.05, 4.69) is 0 Å². The molecule has 0 bridgehead atoms. The summed E-state index contributed by atoms with van der Waals surface area (Å²) in [6, 6.07) is 4.48. The number of carboxylic acid groups (broad SMARTS) is 1. The van der Waals surface area contributed by atoms with Gasteiger partial charge < -0.3 is 9.84 Å². The molecule has 2 rings (SSSR count). The maximum atomic E-state index is 13.1. The highest BCUT2D eigenvalue weighted by molar-refractivity contribution is 7.89. The number of hydrogen-bond donors (Lipinski definition) is 1. The highest BCUT2D eigenvalue weighted by Crippen LogP contribution is 2.34. The van der Waals surface area contributed by atoms with E-state index in [-0.39, 0.29) is 29.0 Å². The lowest BCUT2D eigenvalue weighted by molar-refractivity contribution is -0.136. The van der Waals surface area contributed by atoms with Crippen molar-refractivity contribution in [2.24, 2.45) is 5.92 Å². The number of ether oxygens (including phenoxy) is 1. The van der Waals surface area contributed by atoms with E-state index < -0.39 is 16.0 Å². The average Bonchev–Trinajstić information content (AvgIpc) is 2.97. The number of carbonyl (C=O) groups is 1. The number of aliphatic carboxylic acids is 1. The summed E-state index contributed by atoms with van der Waals surface area (Å²) in [4.78, 5) is 10.9. The van der Waals surface area contributed by atoms with E-state index in [0.29, 0.717) is 12.1 Å². The Balaban J connectivity index is 2.47. The van der Waals surface area contributed by atoms with Gasteiger partial charge in [0.25, 0.3) is 0 Å². The van der Waals surface area contributed by atoms with E-state index in [1.165, 1.54) is 23.5 Å². The van der Waals surface area contributed by atoms with E-state index in [1.807, 2.05) is 13.8 Å². The third kappa shape index (κ3) is 3.67. The van der Waals surface area contributed by atoms with E-state index >= 15 is 0 Å². The quantitative estimate of drug-likeness (QED) is 0.857. The third-order valence-electron chi connectivity index (χ3n) is 4.19. The highest BCUT2D eigenvalue weighted by atomic mass is 32.2. The van der Waals surface area contributed by atoms with Crippen LogP contribution in [0.4, 0.5) is 0 Å². The number of carboxylic acids is 1. The Kier molecular flexibility index (Phi) is 5.31. The van der Waals surface area contributed by atoms with Crippen molar-refractivity contribution in [1.29, 1.82) is 0 Å². The standard InChI is InChI=1S/C16H23NO5S/c1-11(2)13-5-4-8-17(13)23(20,21)15-9-12(10-16(18)19)6-7-14(15)22-3/h6-7,9,11,13H,4-5,8,10H2,1-3H3,(H,18,19). The molecule has 1 aromatic rings. The van der Waals surface area contributed by atoms with Crippen LogP contribution in [0.3, 0.4) is 0 Å². The summed E-state index contributed by atoms with van der Waals surface area (Å²) in [5, 5.41) is 8.92. The maximum absolute atomic E-state index is 13.1. The van der Waals surface area contributed by atoms with Crippen LogP contribution in [0.2, 0.25) is 0 Å². The zero-order chi connectivity index (χ0) is 17.2. The van der Waals surface area contributed by atoms with Crippen LogP contribution in [0.15, 0.2) is 23.1 Å². The molecule has 1 atom stereocenters. The van der Waals surface area contributed by atoms with E-state index in [4.69, 9.17) is 9.84 Å². The van der Waals surface area contributed by atoms with Crippen LogP contribution in [0.1, 0.15) is 32.3 Å². The van der Waals surface area contributed by atoms with Gasteiger partial charge in [-0.3, -0.25) is 4.79 Å². The number of hydrogen-bond acceptors (Lipinski definition) is 4. The van der Waals surface area contributed by atoms with Crippen molar-refractivity contribution in [2.75, 3.05) is 13.7 Å². The van der Waals surface area contributed by atoms with Crippen molar-refractivity contribution in [2.45, 2.75) is 44.0 Å². The molecule has 0 aromatic heterocycles. The minimum atomic E-state index is -3.72. The summed E-state index contributed by atoms with van der Waals surface area (Å²) in [5.74, 6) is -0.534. The van der Waals surface area contributed by atoms with Crippen molar-refractivity contribution in [3.05, 3.63) is 23.8 Å². The van der Waals surface area contributed by atoms with Gasteiger partial charge in [-0.1, -0.05) is 19.9 Å². The molecule has 0 amide bonds. The second kappa shape index (κ2) is 6.88. The predicted octanol–water partition coefficient (Wildman–Crippen LogP) is 2.13. The average molecular weight is 341 g/mol. The van der Waals surface area contributed by atoms with Gasteiger partial charge in [-0.05, 0) is 36.5 Å². The molecule has 1 aromatic carbocycles. The summed E-state index contributed by atoms with van der Waals surface area (Å²) < 4.78 is 32.9. The van der Waals surface area contributed by atoms with E-state index in [0.717, 1.165) is 12.8 Å². The molecule has 23 heavy (non-hydrogen) atoms. The van der Waals surface area contributed by atoms with Gasteiger partial charge >= 0.3 is 5.97 Å². The van der Waals surface area contributed by atoms with Crippen molar-refractivity contribution in [1.82, 2.24) is 4.31 Å². The SMILES string of the molecule is COc1ccc(CC(=O)O)cc1S(=O)(=O)N1CCCC1C(C)C. The van der Waals surface area contributed by atoms with Gasteiger partial charge in [0.05, 0.1) is 13.5 Å². The van der Waals surface area contributed by atoms with Crippen LogP contribution in [0.25, 0.3) is 0 Å². The fraction of sp³-hybridized carbons (Fsp3) is 0.562. The first-order chi connectivity index (χ1) is 10.8. The third-order valence-corrected chi connectivity index (χ3v) is 6.13. The minimum absolute atomic E-state index is 0.0344. The molecule has 128 valence electrons. The molecule has 0 saturated carbocycles. The second-order valence-electron chi connectivity index (χ2n) is 6.13. The number of rotatable bonds is 6. The summed E-state index contributed by atoms with van der Waals surface area (Å²) in [5.41, 5.74) is 0.442. The molecule has 0 aliphatic carbocycles. The number of benzene rings is 1. The molecule has 0 spiro atoms. The molecule has 1 saturated heterocycles. The molecule has 1 fully saturated rings. The minimum Gasteiger partial charge on any atom is -0.495 e. The summed E-state index contributed by atoms with van der Waals surface area (Å²) in [6.07, 6.45) is 1.45. The lowest BCUT2D eigenvalue weighted by Gasteiger charge is -2.27. The van der Waals surface area contributed by atoms with Crippen molar-refractivity contribution < 1.29 is 23.1 Å². The first-order valence-electron chi connectivity index (χ1n) is 7.68. The fourth-order valence-corrected chi connectivity index (χ4v) is 5.10. The van der Waals surface area contributed by atoms with Crippen LogP contribution < -0.4 is 4.74 Å². The van der Waals surface area contributed by atoms with Crippen LogP contribution in [0.5, 0.6) is 5.75 Å². The van der Waals surface area contributed by atoms with Crippen LogP contribution >= 0.6 is 0 Å². The molecular formula is C16H23NO5S. The van der Waals surface area contributed by atoms with Gasteiger partial charge in [-0.25, -0.2) is 8.42 Å². The number of methoxy groups -OCH3 is 1. The Morgan fingerprint density at radius 1 is 1.43 bits per heavy atom. The second-order valence-corrected chi connectivity index (χ2v) is 7.98. The summed E-state index contributed by atoms with van der Waals surface area (Å²) >= 11 is 0. The smallest absolute Gasteiger partial charge is 0.307 e. The molecule has 0 radical (unpaired) electrons. The Morgan fingerprint density at radius 2 is 2.13 bits per heavy atom. The first kappa shape index (κ1) is 17.7. The predicted molar refractivity (Wildman–Crippen MR) is 86.1 cm³/mol. The van der Waals surface area contributed by atoms with Crippen LogP contribution in [-0.4, -0.2) is 43.5 Å². The number of nitrogens with zero attached hydrogens (tertiary/aromatic N) is 1. The van der Waals surface area contributed by atoms with Gasteiger partial charge in [0.1, 0.15) is 10.6 Å². The maximum Gasteiger partial charge on any atom is 0.307 e. The fourth-order valence-electron chi connectivity index (χ4n) is 3.06. The van der Waals surface area contributed by atoms with E-state index in [1.54, 1.807) is 6.07 Å². The molecule has 1 heterocycles. The Hall–Kier alpha value is -1.60. The summed E-state index contributed by atoms with van der Waals surface area (Å²) in [6.45, 7) is 4.50. The van der Waals surface area contributed by atoms with Crippen molar-refractivity contribution in [3.8, 4) is 5.75 Å². The van der Waals surface area contributed by atoms with Crippen molar-refractivity contribution in [3.63, 3.8) is 0 Å². The Labute approximate surface area is 137 Å². The first-order valence-corrected chi connectivity index (χ1v) is 9.12. The lowest BCUT2D eigenvalue weighted by Crippen LogP contribution is -2.38. The molecule has 1 N–H and O–H groups in total. The topological polar surface area (TPSA) is 83.9 Å². The van der Waals surface area contributed by atoms with Crippen molar-refractivity contribution >= 4 is 16.0 Å². The molecule has 6 nitrogen and oxygen atoms in total. The van der Waals surface area contributed by atoms with Gasteiger partial charge in [0.2, 0.25) is 10.0 Å². The Morgan fingerprint density at radius 3 is 2.70 bits per heavy atom.